The molecule has 6 heteroatoms. The molecule has 1 amide bonds. The maximum atomic E-state index is 12.6. The van der Waals surface area contributed by atoms with Crippen molar-refractivity contribution in [2.24, 2.45) is 5.73 Å². The Balaban J connectivity index is 1.86. The molecule has 0 saturated carbocycles. The molecule has 0 unspecified atom stereocenters. The van der Waals surface area contributed by atoms with Crippen LogP contribution in [0.1, 0.15) is 18.7 Å². The van der Waals surface area contributed by atoms with Crippen molar-refractivity contribution in [3.05, 3.63) is 59.5 Å². The molecule has 25 heavy (non-hydrogen) atoms. The highest BCUT2D eigenvalue weighted by Gasteiger charge is 2.30. The number of hydrogen-bond donors (Lipinski definition) is 3. The van der Waals surface area contributed by atoms with Gasteiger partial charge in [-0.1, -0.05) is 24.3 Å². The minimum Gasteiger partial charge on any atom is -0.477 e. The zero-order chi connectivity index (χ0) is 18.0. The highest BCUT2D eigenvalue weighted by Crippen LogP contribution is 2.34. The average Bonchev–Trinajstić information content (AvgIpc) is 3.01. The van der Waals surface area contributed by atoms with Crippen LogP contribution in [0.15, 0.2) is 54.6 Å². The van der Waals surface area contributed by atoms with Crippen LogP contribution in [-0.4, -0.2) is 17.3 Å². The van der Waals surface area contributed by atoms with Crippen molar-refractivity contribution in [2.45, 2.75) is 19.4 Å². The second-order valence-corrected chi connectivity index (χ2v) is 7.21. The van der Waals surface area contributed by atoms with Crippen molar-refractivity contribution in [2.75, 3.05) is 5.32 Å². The zero-order valence-electron chi connectivity index (χ0n) is 14.0. The maximum Gasteiger partial charge on any atom is 0.267 e. The molecule has 1 aromatic heterocycles. The predicted molar refractivity (Wildman–Crippen MR) is 103 cm³/mol. The lowest BCUT2D eigenvalue weighted by molar-refractivity contribution is -0.128. The van der Waals surface area contributed by atoms with Crippen LogP contribution in [0.2, 0.25) is 0 Å². The van der Waals surface area contributed by atoms with Gasteiger partial charge < -0.3 is 15.8 Å². The molecule has 0 radical (unpaired) electrons. The molecule has 0 bridgehead atoms. The van der Waals surface area contributed by atoms with Gasteiger partial charge in [0.1, 0.15) is 11.6 Å². The number of rotatable bonds is 5. The van der Waals surface area contributed by atoms with Crippen LogP contribution in [0.3, 0.4) is 0 Å². The largest absolute Gasteiger partial charge is 0.477 e. The number of fused-ring (bicyclic) bond motifs is 1. The molecule has 0 aliphatic rings. The van der Waals surface area contributed by atoms with Crippen molar-refractivity contribution in [3.63, 3.8) is 0 Å². The van der Waals surface area contributed by atoms with E-state index in [1.54, 1.807) is 13.8 Å². The first kappa shape index (κ1) is 17.0. The third-order valence-corrected chi connectivity index (χ3v) is 4.86. The van der Waals surface area contributed by atoms with Crippen LogP contribution in [-0.2, 0) is 4.79 Å². The van der Waals surface area contributed by atoms with Crippen LogP contribution in [0.5, 0.6) is 5.75 Å². The summed E-state index contributed by atoms with van der Waals surface area (Å²) in [5.41, 5.74) is 5.23. The number of anilines is 1. The van der Waals surface area contributed by atoms with Crippen LogP contribution in [0.4, 0.5) is 5.69 Å². The van der Waals surface area contributed by atoms with Gasteiger partial charge in [0.05, 0.1) is 4.88 Å². The van der Waals surface area contributed by atoms with E-state index in [1.807, 2.05) is 54.6 Å². The quantitative estimate of drug-likeness (QED) is 0.479. The molecule has 3 aromatic rings. The van der Waals surface area contributed by atoms with E-state index >= 15 is 0 Å². The van der Waals surface area contributed by atoms with Crippen LogP contribution in [0, 0.1) is 5.41 Å². The second-order valence-electron chi connectivity index (χ2n) is 6.12. The number of nitrogen functional groups attached to an aromatic ring is 1. The summed E-state index contributed by atoms with van der Waals surface area (Å²) in [5, 5.41) is 11.3. The first-order chi connectivity index (χ1) is 11.9. The highest BCUT2D eigenvalue weighted by atomic mass is 32.1. The number of nitrogens with one attached hydrogen (secondary N) is 2. The molecular weight excluding hydrogens is 334 g/mol. The van der Waals surface area contributed by atoms with E-state index in [9.17, 15) is 4.79 Å². The third-order valence-electron chi connectivity index (χ3n) is 3.73. The Hall–Kier alpha value is -2.86. The fourth-order valence-electron chi connectivity index (χ4n) is 2.38. The maximum absolute atomic E-state index is 12.6. The Kier molecular flexibility index (Phi) is 4.46. The summed E-state index contributed by atoms with van der Waals surface area (Å²) in [6, 6.07) is 16.7. The highest BCUT2D eigenvalue weighted by molar-refractivity contribution is 7.20. The molecule has 3 rings (SSSR count). The summed E-state index contributed by atoms with van der Waals surface area (Å²) in [5.74, 6) is 0.375. The van der Waals surface area contributed by atoms with Gasteiger partial charge in [-0.3, -0.25) is 10.2 Å². The van der Waals surface area contributed by atoms with Crippen molar-refractivity contribution in [1.82, 2.24) is 0 Å². The summed E-state index contributed by atoms with van der Waals surface area (Å²) in [6.07, 6.45) is 0. The Morgan fingerprint density at radius 3 is 2.56 bits per heavy atom. The molecule has 1 heterocycles. The number of para-hydroxylation sites is 1. The number of hydrogen-bond acceptors (Lipinski definition) is 4. The summed E-state index contributed by atoms with van der Waals surface area (Å²) in [6.45, 7) is 3.45. The molecular formula is C19H19N3O2S. The second kappa shape index (κ2) is 6.57. The minimum absolute atomic E-state index is 0.0215. The molecule has 4 N–H and O–H groups in total. The number of ether oxygens (including phenoxy) is 1. The Morgan fingerprint density at radius 1 is 1.16 bits per heavy atom. The fraction of sp³-hybridized carbons (Fsp3) is 0.158. The molecule has 2 aromatic carbocycles. The van der Waals surface area contributed by atoms with Gasteiger partial charge in [0.25, 0.3) is 5.91 Å². The Bertz CT molecular complexity index is 932. The van der Waals surface area contributed by atoms with Crippen LogP contribution in [0.25, 0.3) is 10.1 Å². The first-order valence-corrected chi connectivity index (χ1v) is 8.61. The van der Waals surface area contributed by atoms with Gasteiger partial charge in [0.15, 0.2) is 5.60 Å². The van der Waals surface area contributed by atoms with Crippen LogP contribution < -0.4 is 15.8 Å². The summed E-state index contributed by atoms with van der Waals surface area (Å²) in [7, 11) is 0. The smallest absolute Gasteiger partial charge is 0.267 e. The molecule has 0 aliphatic heterocycles. The van der Waals surface area contributed by atoms with Gasteiger partial charge in [-0.2, -0.15) is 0 Å². The number of carbonyl (C=O) groups excluding carboxylic acids is 1. The lowest BCUT2D eigenvalue weighted by Crippen LogP contribution is -2.42. The third kappa shape index (κ3) is 3.64. The van der Waals surface area contributed by atoms with E-state index in [0.29, 0.717) is 10.6 Å². The van der Waals surface area contributed by atoms with E-state index in [4.69, 9.17) is 15.9 Å². The molecule has 5 nitrogen and oxygen atoms in total. The van der Waals surface area contributed by atoms with Crippen molar-refractivity contribution < 1.29 is 9.53 Å². The van der Waals surface area contributed by atoms with E-state index < -0.39 is 5.60 Å². The topological polar surface area (TPSA) is 88.2 Å². The molecule has 0 atom stereocenters. The number of thiophene rings is 1. The minimum atomic E-state index is -1.07. The SMILES string of the molecule is CC(C)(Oc1cccc2sc(C(=N)N)cc12)C(=O)Nc1ccccc1. The lowest BCUT2D eigenvalue weighted by Gasteiger charge is -2.25. The van der Waals surface area contributed by atoms with E-state index in [1.165, 1.54) is 11.3 Å². The molecule has 0 aliphatic carbocycles. The van der Waals surface area contributed by atoms with E-state index in [0.717, 1.165) is 15.8 Å². The number of amides is 1. The summed E-state index contributed by atoms with van der Waals surface area (Å²) < 4.78 is 6.99. The average molecular weight is 353 g/mol. The number of amidine groups is 1. The van der Waals surface area contributed by atoms with E-state index in [2.05, 4.69) is 5.32 Å². The first-order valence-electron chi connectivity index (χ1n) is 7.79. The van der Waals surface area contributed by atoms with Gasteiger partial charge in [-0.05, 0) is 44.2 Å². The van der Waals surface area contributed by atoms with E-state index in [-0.39, 0.29) is 11.7 Å². The van der Waals surface area contributed by atoms with Crippen molar-refractivity contribution in [1.29, 1.82) is 5.41 Å². The molecule has 0 saturated heterocycles. The number of nitrogens with two attached hydrogens (primary N) is 1. The number of benzene rings is 2. The Morgan fingerprint density at radius 2 is 1.88 bits per heavy atom. The van der Waals surface area contributed by atoms with Gasteiger partial charge in [0.2, 0.25) is 0 Å². The lowest BCUT2D eigenvalue weighted by atomic mass is 10.1. The van der Waals surface area contributed by atoms with Crippen molar-refractivity contribution >= 4 is 38.9 Å². The normalized spacial score (nSPS) is 11.3. The monoisotopic (exact) mass is 353 g/mol. The number of carbonyl (C=O) groups is 1. The summed E-state index contributed by atoms with van der Waals surface area (Å²) >= 11 is 1.43. The predicted octanol–water partition coefficient (Wildman–Crippen LogP) is 3.98. The van der Waals surface area contributed by atoms with Crippen molar-refractivity contribution in [3.8, 4) is 5.75 Å². The van der Waals surface area contributed by atoms with Crippen LogP contribution >= 0.6 is 11.3 Å². The van der Waals surface area contributed by atoms with Gasteiger partial charge in [0, 0.05) is 15.8 Å². The molecule has 0 spiro atoms. The van der Waals surface area contributed by atoms with Gasteiger partial charge in [-0.15, -0.1) is 11.3 Å². The fourth-order valence-corrected chi connectivity index (χ4v) is 3.32. The molecule has 128 valence electrons. The summed E-state index contributed by atoms with van der Waals surface area (Å²) in [4.78, 5) is 13.3. The standard InChI is InChI=1S/C19H19N3O2S/c1-19(2,18(23)22-12-7-4-3-5-8-12)24-14-9-6-10-15-13(14)11-16(25-15)17(20)21/h3-11H,1-2H3,(H3,20,21)(H,22,23). The molecule has 0 fully saturated rings. The Labute approximate surface area is 149 Å². The zero-order valence-corrected chi connectivity index (χ0v) is 14.8. The van der Waals surface area contributed by atoms with Gasteiger partial charge in [-0.25, -0.2) is 0 Å². The van der Waals surface area contributed by atoms with Gasteiger partial charge >= 0.3 is 0 Å².